The summed E-state index contributed by atoms with van der Waals surface area (Å²) in [7, 11) is 0. The van der Waals surface area contributed by atoms with Crippen molar-refractivity contribution in [3.63, 3.8) is 0 Å². The predicted molar refractivity (Wildman–Crippen MR) is 94.2 cm³/mol. The van der Waals surface area contributed by atoms with Crippen LogP contribution in [0.1, 0.15) is 29.0 Å². The first-order valence-corrected chi connectivity index (χ1v) is 8.76. The van der Waals surface area contributed by atoms with Crippen LogP contribution < -0.4 is 5.32 Å². The van der Waals surface area contributed by atoms with Crippen molar-refractivity contribution >= 4 is 33.5 Å². The third-order valence-electron chi connectivity index (χ3n) is 4.49. The number of fused-ring (bicyclic) bond motifs is 1. The fourth-order valence-corrected chi connectivity index (χ4v) is 4.23. The molecule has 1 atom stereocenters. The molecule has 3 heterocycles. The third-order valence-corrected chi connectivity index (χ3v) is 5.51. The van der Waals surface area contributed by atoms with Gasteiger partial charge in [-0.2, -0.15) is 0 Å². The topological polar surface area (TPSA) is 75.4 Å². The number of urea groups is 1. The van der Waals surface area contributed by atoms with Crippen LogP contribution in [0.4, 0.5) is 4.79 Å². The molecular formula is C18H17N3O3S. The fourth-order valence-electron chi connectivity index (χ4n) is 3.27. The number of furan rings is 1. The molecule has 0 aliphatic carbocycles. The number of benzene rings is 1. The van der Waals surface area contributed by atoms with Gasteiger partial charge < -0.3 is 9.73 Å². The van der Waals surface area contributed by atoms with Crippen LogP contribution >= 0.6 is 11.3 Å². The zero-order valence-electron chi connectivity index (χ0n) is 14.1. The van der Waals surface area contributed by atoms with Gasteiger partial charge in [-0.1, -0.05) is 12.1 Å². The Kier molecular flexibility index (Phi) is 3.43. The lowest BCUT2D eigenvalue weighted by Crippen LogP contribution is -2.41. The largest absolute Gasteiger partial charge is 0.466 e. The second-order valence-corrected chi connectivity index (χ2v) is 7.46. The third kappa shape index (κ3) is 2.42. The Morgan fingerprint density at radius 3 is 2.72 bits per heavy atom. The lowest BCUT2D eigenvalue weighted by atomic mass is 9.92. The molecule has 4 rings (SSSR count). The zero-order valence-corrected chi connectivity index (χ0v) is 14.9. The average molecular weight is 355 g/mol. The van der Waals surface area contributed by atoms with Crippen molar-refractivity contribution in [2.45, 2.75) is 32.9 Å². The van der Waals surface area contributed by atoms with E-state index in [0.717, 1.165) is 15.2 Å². The van der Waals surface area contributed by atoms with Gasteiger partial charge in [0.15, 0.2) is 0 Å². The number of aryl methyl sites for hydroxylation is 2. The van der Waals surface area contributed by atoms with Crippen molar-refractivity contribution in [1.82, 2.24) is 15.2 Å². The molecular weight excluding hydrogens is 338 g/mol. The van der Waals surface area contributed by atoms with E-state index in [9.17, 15) is 9.59 Å². The molecule has 25 heavy (non-hydrogen) atoms. The lowest BCUT2D eigenvalue weighted by Gasteiger charge is -2.20. The Hall–Kier alpha value is -2.67. The molecule has 3 amide bonds. The molecule has 1 unspecified atom stereocenters. The molecule has 0 saturated carbocycles. The molecule has 0 bridgehead atoms. The zero-order chi connectivity index (χ0) is 17.8. The van der Waals surface area contributed by atoms with E-state index in [0.29, 0.717) is 17.1 Å². The van der Waals surface area contributed by atoms with Gasteiger partial charge in [0.1, 0.15) is 22.1 Å². The number of nitrogens with one attached hydrogen (secondary N) is 1. The van der Waals surface area contributed by atoms with Crippen LogP contribution in [0.2, 0.25) is 0 Å². The molecule has 1 aromatic carbocycles. The van der Waals surface area contributed by atoms with Crippen molar-refractivity contribution in [2.24, 2.45) is 0 Å². The van der Waals surface area contributed by atoms with Gasteiger partial charge in [0, 0.05) is 5.56 Å². The number of carbonyl (C=O) groups excluding carboxylic acids is 2. The van der Waals surface area contributed by atoms with Crippen LogP contribution in [0.15, 0.2) is 34.7 Å². The second kappa shape index (κ2) is 5.42. The lowest BCUT2D eigenvalue weighted by molar-refractivity contribution is -0.131. The van der Waals surface area contributed by atoms with Gasteiger partial charge in [-0.3, -0.25) is 9.69 Å². The minimum Gasteiger partial charge on any atom is -0.466 e. The highest BCUT2D eigenvalue weighted by atomic mass is 32.1. The molecule has 0 radical (unpaired) electrons. The predicted octanol–water partition coefficient (Wildman–Crippen LogP) is 3.47. The molecule has 0 spiro atoms. The van der Waals surface area contributed by atoms with E-state index in [-0.39, 0.29) is 12.5 Å². The van der Waals surface area contributed by atoms with Gasteiger partial charge in [0.25, 0.3) is 5.91 Å². The first-order chi connectivity index (χ1) is 11.9. The van der Waals surface area contributed by atoms with Crippen molar-refractivity contribution in [3.8, 4) is 0 Å². The molecule has 6 nitrogen and oxygen atoms in total. The van der Waals surface area contributed by atoms with Crippen LogP contribution in [-0.4, -0.2) is 21.8 Å². The summed E-state index contributed by atoms with van der Waals surface area (Å²) >= 11 is 1.49. The number of nitrogens with zero attached hydrogens (tertiary/aromatic N) is 2. The molecule has 2 aromatic heterocycles. The Bertz CT molecular complexity index is 973. The maximum Gasteiger partial charge on any atom is 0.325 e. The van der Waals surface area contributed by atoms with Gasteiger partial charge in [0.2, 0.25) is 0 Å². The van der Waals surface area contributed by atoms with Gasteiger partial charge >= 0.3 is 6.03 Å². The van der Waals surface area contributed by atoms with Crippen LogP contribution in [0.25, 0.3) is 10.2 Å². The number of imide groups is 1. The maximum absolute atomic E-state index is 13.0. The Morgan fingerprint density at radius 2 is 2.04 bits per heavy atom. The van der Waals surface area contributed by atoms with E-state index in [1.165, 1.54) is 16.2 Å². The SMILES string of the molecule is Cc1cc(C2(C)NC(=O)N(Cc3nc4ccccc4s3)C2=O)c(C)o1. The molecule has 1 saturated heterocycles. The number of rotatable bonds is 3. The Labute approximate surface area is 148 Å². The van der Waals surface area contributed by atoms with Crippen LogP contribution in [0.5, 0.6) is 0 Å². The fraction of sp³-hybridized carbons (Fsp3) is 0.278. The van der Waals surface area contributed by atoms with E-state index < -0.39 is 11.6 Å². The summed E-state index contributed by atoms with van der Waals surface area (Å²) in [6, 6.07) is 9.14. The summed E-state index contributed by atoms with van der Waals surface area (Å²) in [6.07, 6.45) is 0. The maximum atomic E-state index is 13.0. The van der Waals surface area contributed by atoms with Crippen LogP contribution in [0.3, 0.4) is 0 Å². The van der Waals surface area contributed by atoms with Gasteiger partial charge in [-0.15, -0.1) is 11.3 Å². The summed E-state index contributed by atoms with van der Waals surface area (Å²) in [4.78, 5) is 31.2. The Balaban J connectivity index is 1.66. The second-order valence-electron chi connectivity index (χ2n) is 6.35. The highest BCUT2D eigenvalue weighted by Crippen LogP contribution is 2.34. The van der Waals surface area contributed by atoms with E-state index in [1.807, 2.05) is 31.2 Å². The molecule has 1 fully saturated rings. The van der Waals surface area contributed by atoms with E-state index in [2.05, 4.69) is 10.3 Å². The summed E-state index contributed by atoms with van der Waals surface area (Å²) in [5.74, 6) is 1.05. The minimum atomic E-state index is -1.12. The normalized spacial score (nSPS) is 20.5. The molecule has 3 aromatic rings. The number of aromatic nitrogens is 1. The van der Waals surface area contributed by atoms with E-state index in [4.69, 9.17) is 4.42 Å². The standard InChI is InChI=1S/C18H17N3O3S/c1-10-8-12(11(2)24-10)18(3)16(22)21(17(23)20-18)9-15-19-13-6-4-5-7-14(13)25-15/h4-8H,9H2,1-3H3,(H,20,23). The average Bonchev–Trinajstić information content (AvgIpc) is 3.19. The monoisotopic (exact) mass is 355 g/mol. The summed E-state index contributed by atoms with van der Waals surface area (Å²) < 4.78 is 6.57. The molecule has 7 heteroatoms. The number of amides is 3. The molecule has 1 aliphatic rings. The smallest absolute Gasteiger partial charge is 0.325 e. The summed E-state index contributed by atoms with van der Waals surface area (Å²) in [5.41, 5.74) is 0.448. The van der Waals surface area contributed by atoms with Crippen LogP contribution in [-0.2, 0) is 16.9 Å². The Morgan fingerprint density at radius 1 is 1.28 bits per heavy atom. The number of hydrogen-bond donors (Lipinski definition) is 1. The van der Waals surface area contributed by atoms with Gasteiger partial charge in [-0.25, -0.2) is 9.78 Å². The van der Waals surface area contributed by atoms with E-state index in [1.54, 1.807) is 19.9 Å². The number of carbonyl (C=O) groups is 2. The van der Waals surface area contributed by atoms with Gasteiger partial charge in [0.05, 0.1) is 16.8 Å². The number of thiazole rings is 1. The van der Waals surface area contributed by atoms with Crippen molar-refractivity contribution in [2.75, 3.05) is 0 Å². The minimum absolute atomic E-state index is 0.162. The first kappa shape index (κ1) is 15.8. The highest BCUT2D eigenvalue weighted by Gasteiger charge is 2.50. The van der Waals surface area contributed by atoms with Crippen LogP contribution in [0, 0.1) is 13.8 Å². The van der Waals surface area contributed by atoms with Crippen molar-refractivity contribution < 1.29 is 14.0 Å². The summed E-state index contributed by atoms with van der Waals surface area (Å²) in [6.45, 7) is 5.49. The van der Waals surface area contributed by atoms with Gasteiger partial charge in [-0.05, 0) is 39.0 Å². The van der Waals surface area contributed by atoms with E-state index >= 15 is 0 Å². The number of hydrogen-bond acceptors (Lipinski definition) is 5. The number of para-hydroxylation sites is 1. The summed E-state index contributed by atoms with van der Waals surface area (Å²) in [5, 5.41) is 3.54. The first-order valence-electron chi connectivity index (χ1n) is 7.94. The van der Waals surface area contributed by atoms with Crippen molar-refractivity contribution in [1.29, 1.82) is 0 Å². The molecule has 1 N–H and O–H groups in total. The molecule has 128 valence electrons. The molecule has 1 aliphatic heterocycles. The quantitative estimate of drug-likeness (QED) is 0.730. The van der Waals surface area contributed by atoms with Crippen molar-refractivity contribution in [3.05, 3.63) is 52.4 Å². The highest BCUT2D eigenvalue weighted by molar-refractivity contribution is 7.18.